The zero-order chi connectivity index (χ0) is 33.1. The van der Waals surface area contributed by atoms with Crippen molar-refractivity contribution in [3.8, 4) is 0 Å². The fourth-order valence-electron chi connectivity index (χ4n) is 4.90. The van der Waals surface area contributed by atoms with Crippen molar-refractivity contribution in [2.75, 3.05) is 20.1 Å². The first-order valence-corrected chi connectivity index (χ1v) is 16.5. The van der Waals surface area contributed by atoms with Gasteiger partial charge in [0.05, 0.1) is 5.69 Å². The third kappa shape index (κ3) is 21.7. The predicted octanol–water partition coefficient (Wildman–Crippen LogP) is 4.71. The first kappa shape index (κ1) is 39.5. The molecule has 3 amide bonds. The van der Waals surface area contributed by atoms with Crippen molar-refractivity contribution in [1.82, 2.24) is 25.8 Å². The van der Waals surface area contributed by atoms with Crippen LogP contribution < -0.4 is 16.0 Å². The Kier molecular flexibility index (Phi) is 22.6. The van der Waals surface area contributed by atoms with Crippen molar-refractivity contribution in [2.24, 2.45) is 0 Å². The van der Waals surface area contributed by atoms with Crippen LogP contribution in [0.15, 0.2) is 24.4 Å². The van der Waals surface area contributed by atoms with Crippen molar-refractivity contribution in [3.05, 3.63) is 30.1 Å². The number of carbonyl (C=O) groups is 5. The van der Waals surface area contributed by atoms with Gasteiger partial charge in [-0.15, -0.1) is 0 Å². The molecule has 45 heavy (non-hydrogen) atoms. The van der Waals surface area contributed by atoms with Crippen LogP contribution >= 0.6 is 0 Å². The summed E-state index contributed by atoms with van der Waals surface area (Å²) < 4.78 is 5.07. The summed E-state index contributed by atoms with van der Waals surface area (Å²) in [7, 11) is 2.04. The number of carboxylic acids is 1. The Morgan fingerprint density at radius 2 is 1.60 bits per heavy atom. The van der Waals surface area contributed by atoms with Gasteiger partial charge in [0.2, 0.25) is 5.91 Å². The second kappa shape index (κ2) is 25.8. The number of Topliss-reactive ketones (excluding diaryl/α,β-unsaturated/α-hetero) is 1. The summed E-state index contributed by atoms with van der Waals surface area (Å²) >= 11 is 0. The highest BCUT2D eigenvalue weighted by molar-refractivity contribution is 5.82. The molecule has 0 bridgehead atoms. The van der Waals surface area contributed by atoms with Gasteiger partial charge in [-0.2, -0.15) is 0 Å². The molecule has 0 radical (unpaired) electrons. The van der Waals surface area contributed by atoms with Crippen molar-refractivity contribution < 1.29 is 33.8 Å². The van der Waals surface area contributed by atoms with Crippen LogP contribution in [-0.4, -0.2) is 77.6 Å². The minimum absolute atomic E-state index is 0.137. The standard InChI is InChI=1S/C33H55N5O7/c1-3-16-29(32(42)43)36-33(44)35-23-13-7-6-9-19-28(40)18-8-4-5-10-20-30(41)37-31(45-26-39)21-12-15-24-38(2)25-27-17-11-14-22-34-27/h11,14,17,22,26,29,31H,3-10,12-13,15-16,18-21,23-25H2,1-2H3,(H,37,41)(H,42,43)(H2,35,36,44). The number of carbonyl (C=O) groups excluding carboxylic acids is 4. The summed E-state index contributed by atoms with van der Waals surface area (Å²) in [5.74, 6) is -0.922. The number of nitrogens with one attached hydrogen (secondary N) is 3. The number of ether oxygens (including phenoxy) is 1. The van der Waals surface area contributed by atoms with E-state index in [9.17, 15) is 24.0 Å². The number of ketones is 1. The van der Waals surface area contributed by atoms with E-state index in [1.54, 1.807) is 6.20 Å². The van der Waals surface area contributed by atoms with Crippen molar-refractivity contribution in [1.29, 1.82) is 0 Å². The number of rotatable bonds is 28. The molecule has 0 fully saturated rings. The topological polar surface area (TPSA) is 167 Å². The van der Waals surface area contributed by atoms with Gasteiger partial charge in [-0.1, -0.05) is 45.1 Å². The van der Waals surface area contributed by atoms with Gasteiger partial charge in [-0.05, 0) is 70.7 Å². The molecule has 0 saturated carbocycles. The van der Waals surface area contributed by atoms with E-state index in [1.165, 1.54) is 0 Å². The molecule has 2 atom stereocenters. The van der Waals surface area contributed by atoms with E-state index in [0.29, 0.717) is 58.0 Å². The molecule has 0 aliphatic heterocycles. The van der Waals surface area contributed by atoms with Crippen LogP contribution in [0, 0.1) is 0 Å². The average Bonchev–Trinajstić information content (AvgIpc) is 3.00. The Bertz CT molecular complexity index is 979. The molecule has 0 aliphatic rings. The van der Waals surface area contributed by atoms with Gasteiger partial charge in [-0.3, -0.25) is 19.4 Å². The van der Waals surface area contributed by atoms with Gasteiger partial charge in [0.1, 0.15) is 11.8 Å². The van der Waals surface area contributed by atoms with Crippen LogP contribution in [0.5, 0.6) is 0 Å². The van der Waals surface area contributed by atoms with E-state index < -0.39 is 24.3 Å². The molecule has 1 heterocycles. The fraction of sp³-hybridized carbons (Fsp3) is 0.697. The van der Waals surface area contributed by atoms with Crippen LogP contribution in [0.2, 0.25) is 0 Å². The van der Waals surface area contributed by atoms with Gasteiger partial charge in [-0.25, -0.2) is 9.59 Å². The number of hydrogen-bond donors (Lipinski definition) is 4. The quantitative estimate of drug-likeness (QED) is 0.0580. The molecule has 1 rings (SSSR count). The highest BCUT2D eigenvalue weighted by Gasteiger charge is 2.18. The van der Waals surface area contributed by atoms with Gasteiger partial charge < -0.3 is 30.7 Å². The molecule has 0 saturated heterocycles. The average molecular weight is 634 g/mol. The van der Waals surface area contributed by atoms with Gasteiger partial charge in [0.15, 0.2) is 6.23 Å². The molecular formula is C33H55N5O7. The lowest BCUT2D eigenvalue weighted by Crippen LogP contribution is -2.46. The number of aromatic nitrogens is 1. The maximum atomic E-state index is 12.3. The van der Waals surface area contributed by atoms with Crippen LogP contribution in [-0.2, 0) is 30.5 Å². The van der Waals surface area contributed by atoms with Crippen LogP contribution in [0.3, 0.4) is 0 Å². The van der Waals surface area contributed by atoms with Gasteiger partial charge >= 0.3 is 12.0 Å². The Hall–Kier alpha value is -3.54. The number of urea groups is 1. The maximum absolute atomic E-state index is 12.3. The second-order valence-electron chi connectivity index (χ2n) is 11.5. The monoisotopic (exact) mass is 633 g/mol. The van der Waals surface area contributed by atoms with Crippen LogP contribution in [0.25, 0.3) is 0 Å². The molecule has 0 spiro atoms. The van der Waals surface area contributed by atoms with E-state index in [2.05, 4.69) is 25.8 Å². The smallest absolute Gasteiger partial charge is 0.326 e. The minimum Gasteiger partial charge on any atom is -0.480 e. The zero-order valence-corrected chi connectivity index (χ0v) is 27.3. The van der Waals surface area contributed by atoms with E-state index in [-0.39, 0.29) is 11.7 Å². The van der Waals surface area contributed by atoms with Gasteiger partial charge in [0.25, 0.3) is 6.47 Å². The van der Waals surface area contributed by atoms with Crippen molar-refractivity contribution in [3.63, 3.8) is 0 Å². The minimum atomic E-state index is -1.03. The van der Waals surface area contributed by atoms with Crippen molar-refractivity contribution in [2.45, 2.75) is 128 Å². The summed E-state index contributed by atoms with van der Waals surface area (Å²) in [6.07, 6.45) is 12.6. The van der Waals surface area contributed by atoms with Crippen LogP contribution in [0.4, 0.5) is 4.79 Å². The molecule has 4 N–H and O–H groups in total. The summed E-state index contributed by atoms with van der Waals surface area (Å²) in [5, 5.41) is 17.0. The van der Waals surface area contributed by atoms with E-state index >= 15 is 0 Å². The molecule has 2 unspecified atom stereocenters. The second-order valence-corrected chi connectivity index (χ2v) is 11.5. The lowest BCUT2D eigenvalue weighted by Gasteiger charge is -2.19. The Labute approximate surface area is 268 Å². The number of hydrogen-bond acceptors (Lipinski definition) is 8. The summed E-state index contributed by atoms with van der Waals surface area (Å²) in [6.45, 7) is 4.35. The number of carboxylic acid groups (broad SMARTS) is 1. The normalized spacial score (nSPS) is 12.2. The molecule has 254 valence electrons. The van der Waals surface area contributed by atoms with E-state index in [4.69, 9.17) is 9.84 Å². The summed E-state index contributed by atoms with van der Waals surface area (Å²) in [5.41, 5.74) is 1.01. The Balaban J connectivity index is 2.02. The molecule has 1 aromatic heterocycles. The molecule has 1 aromatic rings. The lowest BCUT2D eigenvalue weighted by molar-refractivity contribution is -0.140. The third-order valence-corrected chi connectivity index (χ3v) is 7.41. The third-order valence-electron chi connectivity index (χ3n) is 7.41. The predicted molar refractivity (Wildman–Crippen MR) is 172 cm³/mol. The fourth-order valence-corrected chi connectivity index (χ4v) is 4.90. The number of pyridine rings is 1. The first-order chi connectivity index (χ1) is 21.7. The lowest BCUT2D eigenvalue weighted by atomic mass is 10.0. The molecule has 12 heteroatoms. The molecular weight excluding hydrogens is 578 g/mol. The SMILES string of the molecule is CCCC(NC(=O)NCCCCCCC(=O)CCCCCCC(=O)NC(CCCCN(C)Cc1ccccn1)OC=O)C(=O)O. The number of aliphatic carboxylic acids is 1. The van der Waals surface area contributed by atoms with Crippen LogP contribution in [0.1, 0.15) is 115 Å². The zero-order valence-electron chi connectivity index (χ0n) is 27.3. The highest BCUT2D eigenvalue weighted by Crippen LogP contribution is 2.11. The maximum Gasteiger partial charge on any atom is 0.326 e. The highest BCUT2D eigenvalue weighted by atomic mass is 16.5. The number of amides is 3. The molecule has 0 aliphatic carbocycles. The summed E-state index contributed by atoms with van der Waals surface area (Å²) in [4.78, 5) is 64.8. The Morgan fingerprint density at radius 3 is 2.22 bits per heavy atom. The number of nitrogens with zero attached hydrogens (tertiary/aromatic N) is 2. The van der Waals surface area contributed by atoms with E-state index in [1.807, 2.05) is 32.2 Å². The Morgan fingerprint density at radius 1 is 0.911 bits per heavy atom. The van der Waals surface area contributed by atoms with Gasteiger partial charge in [0, 0.05) is 45.0 Å². The van der Waals surface area contributed by atoms with Crippen molar-refractivity contribution >= 4 is 30.2 Å². The summed E-state index contributed by atoms with van der Waals surface area (Å²) in [6, 6.07) is 4.52. The largest absolute Gasteiger partial charge is 0.480 e. The molecule has 0 aromatic carbocycles. The van der Waals surface area contributed by atoms with E-state index in [0.717, 1.165) is 76.6 Å². The first-order valence-electron chi connectivity index (χ1n) is 16.5. The number of unbranched alkanes of at least 4 members (excludes halogenated alkanes) is 7. The molecule has 12 nitrogen and oxygen atoms in total.